The summed E-state index contributed by atoms with van der Waals surface area (Å²) in [4.78, 5) is 61.0. The predicted octanol–water partition coefficient (Wildman–Crippen LogP) is -1.93. The van der Waals surface area contributed by atoms with E-state index in [2.05, 4.69) is 16.0 Å². The minimum absolute atomic E-state index is 0.201. The van der Waals surface area contributed by atoms with Crippen LogP contribution in [-0.4, -0.2) is 112 Å². The lowest BCUT2D eigenvalue weighted by Gasteiger charge is -2.43. The van der Waals surface area contributed by atoms with Crippen LogP contribution < -0.4 is 16.0 Å². The number of carboxylic acid groups (broad SMARTS) is 1. The first-order valence-electron chi connectivity index (χ1n) is 13.4. The van der Waals surface area contributed by atoms with Gasteiger partial charge in [0, 0.05) is 13.3 Å². The zero-order chi connectivity index (χ0) is 30.0. The molecule has 2 aliphatic rings. The number of esters is 1. The van der Waals surface area contributed by atoms with Gasteiger partial charge in [-0.3, -0.25) is 19.2 Å². The summed E-state index contributed by atoms with van der Waals surface area (Å²) in [6.07, 6.45) is -3.74. The van der Waals surface area contributed by atoms with Crippen molar-refractivity contribution in [3.8, 4) is 0 Å². The van der Waals surface area contributed by atoms with Crippen molar-refractivity contribution < 1.29 is 58.6 Å². The molecule has 15 nitrogen and oxygen atoms in total. The van der Waals surface area contributed by atoms with Gasteiger partial charge in [0.1, 0.15) is 48.6 Å². The van der Waals surface area contributed by atoms with E-state index in [0.717, 1.165) is 19.3 Å². The highest BCUT2D eigenvalue weighted by Gasteiger charge is 2.47. The molecule has 2 rings (SSSR count). The van der Waals surface area contributed by atoms with Crippen LogP contribution in [0.15, 0.2) is 0 Å². The van der Waals surface area contributed by atoms with Gasteiger partial charge < -0.3 is 50.6 Å². The van der Waals surface area contributed by atoms with E-state index in [1.54, 1.807) is 0 Å². The topological polar surface area (TPSA) is 230 Å². The van der Waals surface area contributed by atoms with Gasteiger partial charge in [-0.15, -0.1) is 0 Å². The first kappa shape index (κ1) is 33.4. The third-order valence-electron chi connectivity index (χ3n) is 6.81. The number of rotatable bonds is 13. The second kappa shape index (κ2) is 15.8. The minimum Gasteiger partial charge on any atom is -0.481 e. The average Bonchev–Trinajstić information content (AvgIpc) is 2.90. The molecule has 7 N–H and O–H groups in total. The third-order valence-corrected chi connectivity index (χ3v) is 6.81. The normalized spacial score (nSPS) is 27.5. The first-order chi connectivity index (χ1) is 18.8. The SMILES string of the molecule is CC(=O)N[C@@H]1[C@@H](O[C@H](C)C(=O)N[C@@H](C)C(=O)N[C@H](CCC(=O)O)C(=O)OC2CCCCC2)[C@H](O)[C@@H](CO)O[C@H]1O. The van der Waals surface area contributed by atoms with Gasteiger partial charge in [0.15, 0.2) is 6.29 Å². The molecule has 15 heteroatoms. The number of aliphatic carboxylic acids is 1. The smallest absolute Gasteiger partial charge is 0.328 e. The fourth-order valence-corrected chi connectivity index (χ4v) is 4.57. The fraction of sp³-hybridized carbons (Fsp3) is 0.800. The number of hydrogen-bond acceptors (Lipinski definition) is 11. The lowest BCUT2D eigenvalue weighted by molar-refractivity contribution is -0.266. The van der Waals surface area contributed by atoms with E-state index in [1.165, 1.54) is 20.8 Å². The van der Waals surface area contributed by atoms with Gasteiger partial charge in [-0.2, -0.15) is 0 Å². The average molecular weight is 576 g/mol. The quantitative estimate of drug-likeness (QED) is 0.119. The van der Waals surface area contributed by atoms with Crippen molar-refractivity contribution in [2.75, 3.05) is 6.61 Å². The Kier molecular flexibility index (Phi) is 13.2. The van der Waals surface area contributed by atoms with E-state index in [9.17, 15) is 39.3 Å². The summed E-state index contributed by atoms with van der Waals surface area (Å²) in [5.41, 5.74) is 0. The van der Waals surface area contributed by atoms with Gasteiger partial charge in [-0.25, -0.2) is 4.79 Å². The molecule has 0 spiro atoms. The summed E-state index contributed by atoms with van der Waals surface area (Å²) in [6, 6.07) is -3.68. The summed E-state index contributed by atoms with van der Waals surface area (Å²) in [5.74, 6) is -4.04. The van der Waals surface area contributed by atoms with Crippen molar-refractivity contribution in [3.05, 3.63) is 0 Å². The molecule has 0 aromatic carbocycles. The summed E-state index contributed by atoms with van der Waals surface area (Å²) in [7, 11) is 0. The Labute approximate surface area is 231 Å². The maximum Gasteiger partial charge on any atom is 0.328 e. The Morgan fingerprint density at radius 1 is 1.00 bits per heavy atom. The highest BCUT2D eigenvalue weighted by Crippen LogP contribution is 2.24. The third kappa shape index (κ3) is 9.96. The molecule has 0 radical (unpaired) electrons. The highest BCUT2D eigenvalue weighted by molar-refractivity contribution is 5.91. The van der Waals surface area contributed by atoms with Crippen molar-refractivity contribution in [1.29, 1.82) is 0 Å². The molecule has 1 aliphatic carbocycles. The second-order valence-corrected chi connectivity index (χ2v) is 10.1. The number of amides is 3. The summed E-state index contributed by atoms with van der Waals surface area (Å²) in [6.45, 7) is 3.15. The van der Waals surface area contributed by atoms with Crippen LogP contribution in [0.5, 0.6) is 0 Å². The summed E-state index contributed by atoms with van der Waals surface area (Å²) >= 11 is 0. The number of aliphatic hydroxyl groups excluding tert-OH is 3. The number of ether oxygens (including phenoxy) is 3. The van der Waals surface area contributed by atoms with Crippen molar-refractivity contribution >= 4 is 29.7 Å². The number of hydrogen-bond donors (Lipinski definition) is 7. The van der Waals surface area contributed by atoms with Gasteiger partial charge in [-0.05, 0) is 46.0 Å². The van der Waals surface area contributed by atoms with E-state index < -0.39 is 85.1 Å². The molecule has 1 saturated heterocycles. The molecule has 1 aliphatic heterocycles. The van der Waals surface area contributed by atoms with Crippen LogP contribution >= 0.6 is 0 Å². The maximum atomic E-state index is 12.8. The molecule has 40 heavy (non-hydrogen) atoms. The van der Waals surface area contributed by atoms with E-state index >= 15 is 0 Å². The standard InChI is InChI=1S/C25H41N3O12/c1-12(22(34)28-16(9-10-18(31)32)24(36)39-15-7-5-4-6-8-15)26-23(35)13(2)38-21-19(27-14(3)30)25(37)40-17(11-29)20(21)33/h12-13,15-17,19-21,25,29,33,37H,4-11H2,1-3H3,(H,26,35)(H,27,30)(H,28,34)(H,31,32)/t12-,13+,16+,17+,19+,20+,21+,25+/m0/s1. The molecule has 2 fully saturated rings. The zero-order valence-corrected chi connectivity index (χ0v) is 22.9. The van der Waals surface area contributed by atoms with Crippen LogP contribution in [0.4, 0.5) is 0 Å². The van der Waals surface area contributed by atoms with Crippen molar-refractivity contribution in [1.82, 2.24) is 16.0 Å². The van der Waals surface area contributed by atoms with Gasteiger partial charge in [-0.1, -0.05) is 6.42 Å². The Morgan fingerprint density at radius 3 is 2.23 bits per heavy atom. The highest BCUT2D eigenvalue weighted by atomic mass is 16.6. The minimum atomic E-state index is -1.65. The molecule has 228 valence electrons. The van der Waals surface area contributed by atoms with Gasteiger partial charge in [0.25, 0.3) is 0 Å². The molecular weight excluding hydrogens is 534 g/mol. The maximum absolute atomic E-state index is 12.8. The fourth-order valence-electron chi connectivity index (χ4n) is 4.57. The zero-order valence-electron chi connectivity index (χ0n) is 22.9. The van der Waals surface area contributed by atoms with E-state index in [1.807, 2.05) is 0 Å². The van der Waals surface area contributed by atoms with Crippen LogP contribution in [0.2, 0.25) is 0 Å². The summed E-state index contributed by atoms with van der Waals surface area (Å²) in [5, 5.41) is 46.5. The molecule has 0 aromatic heterocycles. The Bertz CT molecular complexity index is 896. The molecule has 0 unspecified atom stereocenters. The number of carbonyl (C=O) groups excluding carboxylic acids is 4. The van der Waals surface area contributed by atoms with Gasteiger partial charge >= 0.3 is 11.9 Å². The molecule has 1 heterocycles. The Balaban J connectivity index is 2.01. The second-order valence-electron chi connectivity index (χ2n) is 10.1. The Morgan fingerprint density at radius 2 is 1.65 bits per heavy atom. The lowest BCUT2D eigenvalue weighted by atomic mass is 9.96. The number of carbonyl (C=O) groups is 5. The molecule has 3 amide bonds. The molecular formula is C25H41N3O12. The monoisotopic (exact) mass is 575 g/mol. The lowest BCUT2D eigenvalue weighted by Crippen LogP contribution is -2.65. The number of aliphatic hydroxyl groups is 3. The molecule has 0 bridgehead atoms. The van der Waals surface area contributed by atoms with Crippen LogP contribution in [0.3, 0.4) is 0 Å². The van der Waals surface area contributed by atoms with Crippen LogP contribution in [-0.2, 0) is 38.2 Å². The first-order valence-corrected chi connectivity index (χ1v) is 13.4. The summed E-state index contributed by atoms with van der Waals surface area (Å²) < 4.78 is 16.2. The molecule has 0 aromatic rings. The Hall–Kier alpha value is -2.85. The van der Waals surface area contributed by atoms with Crippen LogP contribution in [0.25, 0.3) is 0 Å². The van der Waals surface area contributed by atoms with Crippen molar-refractivity contribution in [2.24, 2.45) is 0 Å². The molecule has 8 atom stereocenters. The van der Waals surface area contributed by atoms with Gasteiger partial charge in [0.2, 0.25) is 17.7 Å². The van der Waals surface area contributed by atoms with E-state index in [0.29, 0.717) is 12.8 Å². The van der Waals surface area contributed by atoms with Crippen molar-refractivity contribution in [2.45, 2.75) is 121 Å². The van der Waals surface area contributed by atoms with E-state index in [4.69, 9.17) is 19.3 Å². The predicted molar refractivity (Wildman–Crippen MR) is 135 cm³/mol. The number of carboxylic acids is 1. The van der Waals surface area contributed by atoms with Crippen LogP contribution in [0.1, 0.15) is 65.7 Å². The van der Waals surface area contributed by atoms with Crippen LogP contribution in [0, 0.1) is 0 Å². The molecule has 1 saturated carbocycles. The largest absolute Gasteiger partial charge is 0.481 e. The van der Waals surface area contributed by atoms with Gasteiger partial charge in [0.05, 0.1) is 6.61 Å². The number of nitrogens with one attached hydrogen (secondary N) is 3. The van der Waals surface area contributed by atoms with E-state index in [-0.39, 0.29) is 18.9 Å². The van der Waals surface area contributed by atoms with Crippen molar-refractivity contribution in [3.63, 3.8) is 0 Å².